The van der Waals surface area contributed by atoms with Gasteiger partial charge in [-0.3, -0.25) is 4.79 Å². The summed E-state index contributed by atoms with van der Waals surface area (Å²) in [7, 11) is 6.00. The van der Waals surface area contributed by atoms with E-state index in [4.69, 9.17) is 33.2 Å². The van der Waals surface area contributed by atoms with Crippen LogP contribution in [0.1, 0.15) is 19.4 Å². The van der Waals surface area contributed by atoms with Crippen LogP contribution in [-0.2, 0) is 11.8 Å². The Hall–Kier alpha value is -3.40. The van der Waals surface area contributed by atoms with Crippen molar-refractivity contribution in [3.05, 3.63) is 58.5 Å². The van der Waals surface area contributed by atoms with Crippen LogP contribution in [0.25, 0.3) is 32.9 Å². The Bertz CT molecular complexity index is 1780. The lowest BCUT2D eigenvalue weighted by molar-refractivity contribution is -0.128. The van der Waals surface area contributed by atoms with E-state index in [2.05, 4.69) is 35.4 Å². The van der Waals surface area contributed by atoms with E-state index < -0.39 is 5.82 Å². The van der Waals surface area contributed by atoms with Gasteiger partial charge in [0.25, 0.3) is 0 Å². The van der Waals surface area contributed by atoms with Crippen molar-refractivity contribution >= 4 is 62.7 Å². The van der Waals surface area contributed by atoms with Crippen molar-refractivity contribution in [2.24, 2.45) is 7.05 Å². The predicted octanol–water partition coefficient (Wildman–Crippen LogP) is 5.90. The maximum Gasteiger partial charge on any atom is 0.246 e. The summed E-state index contributed by atoms with van der Waals surface area (Å²) in [4.78, 5) is 30.6. The summed E-state index contributed by atoms with van der Waals surface area (Å²) in [6.45, 7) is 12.2. The molecule has 0 spiro atoms. The van der Waals surface area contributed by atoms with E-state index in [1.165, 1.54) is 6.08 Å². The molecule has 4 heterocycles. The van der Waals surface area contributed by atoms with Gasteiger partial charge in [-0.05, 0) is 52.6 Å². The van der Waals surface area contributed by atoms with E-state index in [-0.39, 0.29) is 28.5 Å². The summed E-state index contributed by atoms with van der Waals surface area (Å²) in [6.07, 6.45) is 3.17. The van der Waals surface area contributed by atoms with E-state index in [0.29, 0.717) is 52.4 Å². The van der Waals surface area contributed by atoms with Gasteiger partial charge in [0, 0.05) is 79.4 Å². The standard InChI is InChI=1S/C32H36Cl2FN7O/c1-8-25(43)41-12-19(4)42(13-18(41)3)31-22-11-23(33)27(26-17(2)9-10-21-24(34)16-39(7)30(21)26)28(35)29(22)36-32(37-31)40-14-20(15-40)38(5)6/h8-11,16,18-20H,1,12-15H2,2-7H3/t18-,19+/m1/s1. The summed E-state index contributed by atoms with van der Waals surface area (Å²) in [5, 5.41) is 2.23. The number of hydrogen-bond donors (Lipinski definition) is 0. The van der Waals surface area contributed by atoms with Crippen LogP contribution < -0.4 is 9.80 Å². The van der Waals surface area contributed by atoms with Gasteiger partial charge < -0.3 is 24.2 Å². The lowest BCUT2D eigenvalue weighted by Gasteiger charge is -2.45. The second kappa shape index (κ2) is 10.9. The van der Waals surface area contributed by atoms with Crippen LogP contribution in [0.3, 0.4) is 0 Å². The van der Waals surface area contributed by atoms with Crippen molar-refractivity contribution in [2.45, 2.75) is 38.9 Å². The molecule has 8 nitrogen and oxygen atoms in total. The van der Waals surface area contributed by atoms with Gasteiger partial charge in [0.15, 0.2) is 5.82 Å². The average molecular weight is 625 g/mol. The highest BCUT2D eigenvalue weighted by Gasteiger charge is 2.36. The molecule has 0 unspecified atom stereocenters. The van der Waals surface area contributed by atoms with Gasteiger partial charge in [0.05, 0.1) is 15.6 Å². The first-order chi connectivity index (χ1) is 20.4. The van der Waals surface area contributed by atoms with Crippen LogP contribution in [0.15, 0.2) is 37.1 Å². The van der Waals surface area contributed by atoms with Gasteiger partial charge in [0.2, 0.25) is 11.9 Å². The summed E-state index contributed by atoms with van der Waals surface area (Å²) in [5.41, 5.74) is 2.88. The smallest absolute Gasteiger partial charge is 0.246 e. The number of aryl methyl sites for hydroxylation is 2. The molecule has 43 heavy (non-hydrogen) atoms. The van der Waals surface area contributed by atoms with Gasteiger partial charge in [-0.15, -0.1) is 0 Å². The number of aromatic nitrogens is 3. The van der Waals surface area contributed by atoms with Crippen LogP contribution in [0.5, 0.6) is 0 Å². The SMILES string of the molecule is C=CC(=O)N1C[C@H](C)N(c2nc(N3CC(N(C)C)C3)nc3c(F)c(-c4c(C)ccc5c(Cl)cn(C)c45)c(Cl)cc23)C[C@H]1C. The van der Waals surface area contributed by atoms with Gasteiger partial charge in [-0.25, -0.2) is 9.37 Å². The number of amides is 1. The molecule has 0 aliphatic carbocycles. The third kappa shape index (κ3) is 4.82. The van der Waals surface area contributed by atoms with Crippen LogP contribution in [-0.4, -0.2) is 88.6 Å². The highest BCUT2D eigenvalue weighted by atomic mass is 35.5. The van der Waals surface area contributed by atoms with Crippen molar-refractivity contribution in [3.8, 4) is 11.1 Å². The van der Waals surface area contributed by atoms with Crippen LogP contribution >= 0.6 is 23.2 Å². The molecule has 2 aliphatic heterocycles. The molecule has 0 radical (unpaired) electrons. The van der Waals surface area contributed by atoms with Gasteiger partial charge >= 0.3 is 0 Å². The lowest BCUT2D eigenvalue weighted by Crippen LogP contribution is -2.59. The molecular formula is C32H36Cl2FN7O. The second-order valence-corrected chi connectivity index (χ2v) is 12.9. The van der Waals surface area contributed by atoms with E-state index in [1.807, 2.05) is 55.6 Å². The van der Waals surface area contributed by atoms with E-state index in [9.17, 15) is 4.79 Å². The minimum absolute atomic E-state index is 0.0834. The van der Waals surface area contributed by atoms with Crippen LogP contribution in [0.4, 0.5) is 16.2 Å². The molecule has 226 valence electrons. The van der Waals surface area contributed by atoms with Gasteiger partial charge in [-0.2, -0.15) is 4.98 Å². The third-order valence-corrected chi connectivity index (χ3v) is 9.59. The minimum Gasteiger partial charge on any atom is -0.349 e. The topological polar surface area (TPSA) is 60.7 Å². The average Bonchev–Trinajstić information content (AvgIpc) is 3.22. The first-order valence-corrected chi connectivity index (χ1v) is 15.2. The summed E-state index contributed by atoms with van der Waals surface area (Å²) < 4.78 is 18.9. The summed E-state index contributed by atoms with van der Waals surface area (Å²) in [6, 6.07) is 5.86. The van der Waals surface area contributed by atoms with Crippen molar-refractivity contribution in [1.29, 1.82) is 0 Å². The number of carbonyl (C=O) groups is 1. The zero-order valence-corrected chi connectivity index (χ0v) is 26.8. The monoisotopic (exact) mass is 623 g/mol. The molecule has 0 bridgehead atoms. The predicted molar refractivity (Wildman–Crippen MR) is 174 cm³/mol. The number of carbonyl (C=O) groups excluding carboxylic acids is 1. The minimum atomic E-state index is -0.494. The number of hydrogen-bond acceptors (Lipinski definition) is 6. The van der Waals surface area contributed by atoms with Crippen LogP contribution in [0, 0.1) is 12.7 Å². The maximum atomic E-state index is 17.0. The molecule has 2 fully saturated rings. The largest absolute Gasteiger partial charge is 0.349 e. The van der Waals surface area contributed by atoms with Gasteiger partial charge in [-0.1, -0.05) is 41.9 Å². The van der Waals surface area contributed by atoms with E-state index in [0.717, 1.165) is 29.6 Å². The molecule has 0 saturated carbocycles. The molecule has 4 aromatic rings. The zero-order chi connectivity index (χ0) is 30.9. The third-order valence-electron chi connectivity index (χ3n) is 9.00. The Morgan fingerprint density at radius 3 is 2.44 bits per heavy atom. The fourth-order valence-electron chi connectivity index (χ4n) is 6.42. The normalized spacial score (nSPS) is 19.5. The molecule has 6 rings (SSSR count). The number of nitrogens with zero attached hydrogens (tertiary/aromatic N) is 7. The maximum absolute atomic E-state index is 17.0. The number of rotatable bonds is 5. The van der Waals surface area contributed by atoms with Crippen molar-refractivity contribution < 1.29 is 9.18 Å². The first-order valence-electron chi connectivity index (χ1n) is 14.5. The fraction of sp³-hybridized carbons (Fsp3) is 0.406. The second-order valence-electron chi connectivity index (χ2n) is 12.1. The Labute approximate surface area is 261 Å². The number of likely N-dealkylation sites (N-methyl/N-ethyl adjacent to an activating group) is 1. The Kier molecular flexibility index (Phi) is 7.55. The van der Waals surface area contributed by atoms with Crippen molar-refractivity contribution in [1.82, 2.24) is 24.3 Å². The van der Waals surface area contributed by atoms with Crippen molar-refractivity contribution in [2.75, 3.05) is 50.1 Å². The number of halogens is 3. The number of benzene rings is 2. The van der Waals surface area contributed by atoms with E-state index in [1.54, 1.807) is 6.07 Å². The van der Waals surface area contributed by atoms with Crippen molar-refractivity contribution in [3.63, 3.8) is 0 Å². The Morgan fingerprint density at radius 1 is 1.05 bits per heavy atom. The molecule has 2 aromatic carbocycles. The highest BCUT2D eigenvalue weighted by molar-refractivity contribution is 6.37. The fourth-order valence-corrected chi connectivity index (χ4v) is 7.01. The van der Waals surface area contributed by atoms with E-state index >= 15 is 4.39 Å². The Balaban J connectivity index is 1.56. The molecule has 2 aromatic heterocycles. The molecule has 1 amide bonds. The lowest BCUT2D eigenvalue weighted by atomic mass is 9.95. The van der Waals surface area contributed by atoms with Gasteiger partial charge in [0.1, 0.15) is 11.3 Å². The summed E-state index contributed by atoms with van der Waals surface area (Å²) >= 11 is 13.5. The molecule has 2 aliphatic rings. The quantitative estimate of drug-likeness (QED) is 0.258. The number of anilines is 2. The Morgan fingerprint density at radius 2 is 1.77 bits per heavy atom. The highest BCUT2D eigenvalue weighted by Crippen LogP contribution is 2.44. The molecule has 11 heteroatoms. The number of fused-ring (bicyclic) bond motifs is 2. The molecule has 2 saturated heterocycles. The molecular weight excluding hydrogens is 588 g/mol. The number of piperazine rings is 1. The molecule has 2 atom stereocenters. The zero-order valence-electron chi connectivity index (χ0n) is 25.3. The molecule has 0 N–H and O–H groups in total. The summed E-state index contributed by atoms with van der Waals surface area (Å²) in [5.74, 6) is 0.495. The first kappa shape index (κ1) is 29.7. The van der Waals surface area contributed by atoms with Crippen LogP contribution in [0.2, 0.25) is 10.0 Å².